The van der Waals surface area contributed by atoms with Gasteiger partial charge in [-0.25, -0.2) is 0 Å². The van der Waals surface area contributed by atoms with E-state index in [9.17, 15) is 27.4 Å². The third-order valence-corrected chi connectivity index (χ3v) is 5.38. The number of rotatable bonds is 2. The smallest absolute Gasteiger partial charge is 0.296 e. The van der Waals surface area contributed by atoms with Gasteiger partial charge in [-0.1, -0.05) is 12.1 Å². The average Bonchev–Trinajstić information content (AvgIpc) is 2.52. The normalized spacial score (nSPS) is 12.7. The van der Waals surface area contributed by atoms with E-state index in [4.69, 9.17) is 5.73 Å². The summed E-state index contributed by atoms with van der Waals surface area (Å²) in [4.78, 5) is 36.6. The number of benzene rings is 2. The summed E-state index contributed by atoms with van der Waals surface area (Å²) in [5.41, 5.74) is 4.94. The van der Waals surface area contributed by atoms with E-state index >= 15 is 0 Å². The second-order valence-electron chi connectivity index (χ2n) is 5.56. The molecule has 0 aliphatic heterocycles. The second kappa shape index (κ2) is 7.46. The van der Waals surface area contributed by atoms with Crippen molar-refractivity contribution in [3.05, 3.63) is 51.0 Å². The van der Waals surface area contributed by atoms with Crippen molar-refractivity contribution in [2.24, 2.45) is 0 Å². The largest absolute Gasteiger partial charge is 0.397 e. The summed E-state index contributed by atoms with van der Waals surface area (Å²) in [5.74, 6) is -1.73. The minimum atomic E-state index is -4.71. The molecular formula is C16H11BrN2NaO6S. The van der Waals surface area contributed by atoms with E-state index in [-0.39, 0.29) is 62.0 Å². The first kappa shape index (κ1) is 21.7. The molecule has 1 aliphatic rings. The van der Waals surface area contributed by atoms with Crippen LogP contribution in [0.5, 0.6) is 0 Å². The molecule has 0 bridgehead atoms. The Labute approximate surface area is 184 Å². The third-order valence-electron chi connectivity index (χ3n) is 3.86. The molecule has 1 aliphatic carbocycles. The topological polar surface area (TPSA) is 144 Å². The Bertz CT molecular complexity index is 1130. The fourth-order valence-corrected chi connectivity index (χ4v) is 4.26. The van der Waals surface area contributed by atoms with E-state index in [0.717, 1.165) is 6.07 Å². The molecule has 8 nitrogen and oxygen atoms in total. The van der Waals surface area contributed by atoms with Crippen molar-refractivity contribution in [1.82, 2.24) is 0 Å². The number of hydrogen-bond donors (Lipinski definition) is 3. The first-order chi connectivity index (χ1) is 12.0. The minimum Gasteiger partial charge on any atom is -0.397 e. The van der Waals surface area contributed by atoms with Crippen molar-refractivity contribution in [2.45, 2.75) is 11.8 Å². The van der Waals surface area contributed by atoms with Crippen LogP contribution in [0.1, 0.15) is 38.8 Å². The fourth-order valence-electron chi connectivity index (χ4n) is 2.85. The first-order valence-electron chi connectivity index (χ1n) is 7.13. The maximum absolute atomic E-state index is 13.0. The van der Waals surface area contributed by atoms with Crippen LogP contribution < -0.4 is 11.1 Å². The van der Waals surface area contributed by atoms with Crippen molar-refractivity contribution in [3.8, 4) is 0 Å². The summed E-state index contributed by atoms with van der Waals surface area (Å²) in [5, 5.41) is 2.49. The van der Waals surface area contributed by atoms with Gasteiger partial charge in [-0.05, 0) is 28.1 Å². The predicted molar refractivity (Wildman–Crippen MR) is 102 cm³/mol. The molecule has 3 rings (SSSR count). The van der Waals surface area contributed by atoms with Gasteiger partial charge in [0.1, 0.15) is 4.90 Å². The molecule has 0 spiro atoms. The zero-order valence-corrected chi connectivity index (χ0v) is 18.6. The maximum atomic E-state index is 13.0. The van der Waals surface area contributed by atoms with E-state index in [1.165, 1.54) is 25.1 Å². The number of halogens is 1. The Balaban J connectivity index is 0.00000261. The number of amides is 1. The summed E-state index contributed by atoms with van der Waals surface area (Å²) in [6, 6.07) is 5.27. The van der Waals surface area contributed by atoms with Gasteiger partial charge in [0.15, 0.2) is 11.6 Å². The Kier molecular flexibility index (Phi) is 6.00. The van der Waals surface area contributed by atoms with Crippen LogP contribution in [0.15, 0.2) is 33.6 Å². The number of hydrogen-bond acceptors (Lipinski definition) is 6. The summed E-state index contributed by atoms with van der Waals surface area (Å²) in [6.07, 6.45) is 0. The molecule has 1 radical (unpaired) electrons. The molecule has 0 atom stereocenters. The number of nitrogen functional groups attached to an aromatic ring is 1. The number of carbonyl (C=O) groups is 3. The van der Waals surface area contributed by atoms with Crippen LogP contribution in [0, 0.1) is 0 Å². The van der Waals surface area contributed by atoms with Crippen molar-refractivity contribution in [3.63, 3.8) is 0 Å². The van der Waals surface area contributed by atoms with E-state index in [1.807, 2.05) is 0 Å². The zero-order chi connectivity index (χ0) is 19.4. The van der Waals surface area contributed by atoms with Crippen molar-refractivity contribution >= 4 is 84.5 Å². The monoisotopic (exact) mass is 461 g/mol. The Morgan fingerprint density at radius 3 is 2.33 bits per heavy atom. The van der Waals surface area contributed by atoms with Gasteiger partial charge >= 0.3 is 0 Å². The zero-order valence-electron chi connectivity index (χ0n) is 14.2. The molecule has 0 saturated carbocycles. The number of nitrogens with one attached hydrogen (secondary N) is 1. The summed E-state index contributed by atoms with van der Waals surface area (Å²) >= 11 is 3.06. The molecule has 11 heteroatoms. The van der Waals surface area contributed by atoms with E-state index in [2.05, 4.69) is 21.2 Å². The van der Waals surface area contributed by atoms with E-state index < -0.39 is 38.2 Å². The van der Waals surface area contributed by atoms with Gasteiger partial charge in [0.25, 0.3) is 10.1 Å². The fraction of sp³-hybridized carbons (Fsp3) is 0.0625. The summed E-state index contributed by atoms with van der Waals surface area (Å²) in [6.45, 7) is 1.26. The van der Waals surface area contributed by atoms with Crippen LogP contribution in [0.25, 0.3) is 0 Å². The van der Waals surface area contributed by atoms with Gasteiger partial charge in [0, 0.05) is 46.5 Å². The molecule has 1 amide bonds. The van der Waals surface area contributed by atoms with E-state index in [0.29, 0.717) is 0 Å². The van der Waals surface area contributed by atoms with Crippen LogP contribution in [-0.4, -0.2) is 60.0 Å². The summed E-state index contributed by atoms with van der Waals surface area (Å²) < 4.78 is 32.3. The maximum Gasteiger partial charge on any atom is 0.296 e. The van der Waals surface area contributed by atoms with Crippen LogP contribution in [-0.2, 0) is 14.9 Å². The van der Waals surface area contributed by atoms with Gasteiger partial charge in [0.05, 0.1) is 28.1 Å². The summed E-state index contributed by atoms with van der Waals surface area (Å²) in [7, 11) is -4.71. The molecule has 0 heterocycles. The number of anilines is 2. The number of carbonyl (C=O) groups excluding carboxylic acids is 3. The quantitative estimate of drug-likeness (QED) is 0.298. The van der Waals surface area contributed by atoms with Crippen molar-refractivity contribution in [2.75, 3.05) is 11.1 Å². The Morgan fingerprint density at radius 2 is 1.78 bits per heavy atom. The van der Waals surface area contributed by atoms with Gasteiger partial charge in [-0.3, -0.25) is 18.9 Å². The minimum absolute atomic E-state index is 0. The Morgan fingerprint density at radius 1 is 1.15 bits per heavy atom. The first-order valence-corrected chi connectivity index (χ1v) is 9.36. The number of fused-ring (bicyclic) bond motifs is 2. The molecule has 4 N–H and O–H groups in total. The second-order valence-corrected chi connectivity index (χ2v) is 7.81. The standard InChI is InChI=1S/C16H11BrN2O6S.Na/c1-6(20)19-9-4-2-3-7-11(9)16(22)12-8(17)5-10(26(23,24)25)14(18)13(12)15(7)21;/h2-5H,18H2,1H3,(H,19,20)(H,23,24,25);. The molecule has 0 fully saturated rings. The van der Waals surface area contributed by atoms with Crippen LogP contribution in [0.3, 0.4) is 0 Å². The van der Waals surface area contributed by atoms with Crippen LogP contribution in [0.2, 0.25) is 0 Å². The molecule has 135 valence electrons. The van der Waals surface area contributed by atoms with Gasteiger partial charge in [-0.15, -0.1) is 0 Å². The molecule has 2 aromatic rings. The molecule has 0 saturated heterocycles. The number of ketones is 2. The van der Waals surface area contributed by atoms with E-state index in [1.54, 1.807) is 0 Å². The average molecular weight is 462 g/mol. The predicted octanol–water partition coefficient (Wildman–Crippen LogP) is 1.63. The van der Waals surface area contributed by atoms with Gasteiger partial charge in [-0.2, -0.15) is 8.42 Å². The van der Waals surface area contributed by atoms with Crippen LogP contribution >= 0.6 is 15.9 Å². The van der Waals surface area contributed by atoms with Crippen molar-refractivity contribution in [1.29, 1.82) is 0 Å². The van der Waals surface area contributed by atoms with Crippen LogP contribution in [0.4, 0.5) is 11.4 Å². The molecule has 27 heavy (non-hydrogen) atoms. The molecule has 0 aromatic heterocycles. The van der Waals surface area contributed by atoms with Gasteiger partial charge in [0.2, 0.25) is 5.91 Å². The van der Waals surface area contributed by atoms with Gasteiger partial charge < -0.3 is 11.1 Å². The Hall–Kier alpha value is -1.56. The van der Waals surface area contributed by atoms with Crippen molar-refractivity contribution < 1.29 is 27.4 Å². The SMILES string of the molecule is CC(=O)Nc1cccc2c1C(=O)c1c(Br)cc(S(=O)(=O)O)c(N)c1C2=O.[Na]. The third kappa shape index (κ3) is 3.60. The number of nitrogens with two attached hydrogens (primary N) is 1. The molecule has 2 aromatic carbocycles. The molecule has 0 unspecified atom stereocenters. The molecular weight excluding hydrogens is 451 g/mol.